The highest BCUT2D eigenvalue weighted by Gasteiger charge is 2.13. The number of benzene rings is 1. The van der Waals surface area contributed by atoms with Crippen LogP contribution in [0.4, 0.5) is 0 Å². The summed E-state index contributed by atoms with van der Waals surface area (Å²) in [6, 6.07) is 9.06. The minimum atomic E-state index is 0.322. The lowest BCUT2D eigenvalue weighted by Crippen LogP contribution is -2.20. The predicted octanol–water partition coefficient (Wildman–Crippen LogP) is 3.53. The Morgan fingerprint density at radius 3 is 2.94 bits per heavy atom. The third-order valence-corrected chi connectivity index (χ3v) is 3.31. The van der Waals surface area contributed by atoms with Gasteiger partial charge >= 0.3 is 0 Å². The highest BCUT2D eigenvalue weighted by Crippen LogP contribution is 2.29. The summed E-state index contributed by atoms with van der Waals surface area (Å²) < 4.78 is 0. The van der Waals surface area contributed by atoms with Crippen LogP contribution in [0.15, 0.2) is 30.3 Å². The fraction of sp³-hybridized carbons (Fsp3) is 0.467. The molecule has 0 amide bonds. The van der Waals surface area contributed by atoms with Crippen LogP contribution in [0.25, 0.3) is 5.57 Å². The fourth-order valence-corrected chi connectivity index (χ4v) is 2.51. The van der Waals surface area contributed by atoms with Gasteiger partial charge < -0.3 is 5.73 Å². The molecule has 1 nitrogen and oxygen atoms in total. The second kappa shape index (κ2) is 5.31. The number of hydrogen-bond donors (Lipinski definition) is 1. The lowest BCUT2D eigenvalue weighted by molar-refractivity contribution is 0.615. The van der Waals surface area contributed by atoms with Gasteiger partial charge in [0.2, 0.25) is 0 Å². The number of hydrogen-bond acceptors (Lipinski definition) is 1. The summed E-state index contributed by atoms with van der Waals surface area (Å²) in [4.78, 5) is 0. The fourth-order valence-electron chi connectivity index (χ4n) is 2.51. The van der Waals surface area contributed by atoms with Crippen molar-refractivity contribution in [2.75, 3.05) is 0 Å². The Hall–Kier alpha value is -1.08. The van der Waals surface area contributed by atoms with Crippen LogP contribution in [-0.2, 0) is 6.42 Å². The van der Waals surface area contributed by atoms with Gasteiger partial charge in [-0.1, -0.05) is 43.7 Å². The number of nitrogens with two attached hydrogens (primary N) is 1. The maximum absolute atomic E-state index is 6.13. The van der Waals surface area contributed by atoms with Crippen molar-refractivity contribution in [3.05, 3.63) is 41.5 Å². The molecule has 86 valence electrons. The molecule has 1 atom stereocenters. The van der Waals surface area contributed by atoms with E-state index >= 15 is 0 Å². The van der Waals surface area contributed by atoms with E-state index in [2.05, 4.69) is 37.3 Å². The smallest absolute Gasteiger partial charge is 0.00793 e. The van der Waals surface area contributed by atoms with Gasteiger partial charge in [-0.25, -0.2) is 0 Å². The van der Waals surface area contributed by atoms with Gasteiger partial charge in [0.15, 0.2) is 0 Å². The molecule has 16 heavy (non-hydrogen) atoms. The van der Waals surface area contributed by atoms with Crippen LogP contribution >= 0.6 is 0 Å². The minimum Gasteiger partial charge on any atom is -0.327 e. The van der Waals surface area contributed by atoms with Crippen LogP contribution in [0.5, 0.6) is 0 Å². The minimum absolute atomic E-state index is 0.322. The van der Waals surface area contributed by atoms with Crippen molar-refractivity contribution in [2.24, 2.45) is 5.73 Å². The molecule has 1 aromatic carbocycles. The third-order valence-electron chi connectivity index (χ3n) is 3.31. The molecule has 2 N–H and O–H groups in total. The summed E-state index contributed by atoms with van der Waals surface area (Å²) in [6.45, 7) is 2.20. The number of rotatable bonds is 4. The van der Waals surface area contributed by atoms with Crippen LogP contribution in [0.2, 0.25) is 0 Å². The maximum atomic E-state index is 6.13. The Bertz CT molecular complexity index is 379. The Morgan fingerprint density at radius 2 is 2.12 bits per heavy atom. The van der Waals surface area contributed by atoms with Gasteiger partial charge in [-0.2, -0.15) is 0 Å². The van der Waals surface area contributed by atoms with Crippen molar-refractivity contribution in [3.63, 3.8) is 0 Å². The van der Waals surface area contributed by atoms with Gasteiger partial charge in [-0.15, -0.1) is 0 Å². The molecule has 2 rings (SSSR count). The van der Waals surface area contributed by atoms with Gasteiger partial charge in [0, 0.05) is 6.04 Å². The van der Waals surface area contributed by atoms with Crippen molar-refractivity contribution < 1.29 is 0 Å². The molecule has 1 aromatic rings. The SMILES string of the molecule is CCCC(N)CC1=CCCc2ccccc21. The molecule has 0 bridgehead atoms. The highest BCUT2D eigenvalue weighted by molar-refractivity contribution is 5.70. The van der Waals surface area contributed by atoms with Crippen molar-refractivity contribution in [3.8, 4) is 0 Å². The zero-order valence-electron chi connectivity index (χ0n) is 10.1. The summed E-state index contributed by atoms with van der Waals surface area (Å²) in [5, 5.41) is 0. The number of allylic oxidation sites excluding steroid dienone is 1. The molecular weight excluding hydrogens is 194 g/mol. The van der Waals surface area contributed by atoms with Gasteiger partial charge in [0.25, 0.3) is 0 Å². The molecule has 1 aliphatic rings. The molecular formula is C15H21N. The van der Waals surface area contributed by atoms with E-state index in [1.807, 2.05) is 0 Å². The van der Waals surface area contributed by atoms with Gasteiger partial charge in [-0.05, 0) is 42.4 Å². The summed E-state index contributed by atoms with van der Waals surface area (Å²) >= 11 is 0. The first-order valence-corrected chi connectivity index (χ1v) is 6.34. The molecule has 0 aromatic heterocycles. The van der Waals surface area contributed by atoms with E-state index in [-0.39, 0.29) is 0 Å². The predicted molar refractivity (Wildman–Crippen MR) is 70.2 cm³/mol. The average Bonchev–Trinajstić information content (AvgIpc) is 2.30. The largest absolute Gasteiger partial charge is 0.327 e. The lowest BCUT2D eigenvalue weighted by atomic mass is 9.87. The summed E-state index contributed by atoms with van der Waals surface area (Å²) in [7, 11) is 0. The second-order valence-electron chi connectivity index (χ2n) is 4.68. The van der Waals surface area contributed by atoms with Crippen LogP contribution in [-0.4, -0.2) is 6.04 Å². The molecule has 1 unspecified atom stereocenters. The number of fused-ring (bicyclic) bond motifs is 1. The monoisotopic (exact) mass is 215 g/mol. The van der Waals surface area contributed by atoms with Crippen LogP contribution < -0.4 is 5.73 Å². The first kappa shape index (κ1) is 11.4. The van der Waals surface area contributed by atoms with E-state index in [1.165, 1.54) is 36.0 Å². The van der Waals surface area contributed by atoms with E-state index < -0.39 is 0 Å². The first-order chi connectivity index (χ1) is 7.81. The van der Waals surface area contributed by atoms with E-state index in [4.69, 9.17) is 5.73 Å². The Balaban J connectivity index is 2.13. The normalized spacial score (nSPS) is 16.5. The Morgan fingerprint density at radius 1 is 1.31 bits per heavy atom. The van der Waals surface area contributed by atoms with Crippen LogP contribution in [0.3, 0.4) is 0 Å². The molecule has 0 saturated heterocycles. The lowest BCUT2D eigenvalue weighted by Gasteiger charge is -2.20. The zero-order chi connectivity index (χ0) is 11.4. The average molecular weight is 215 g/mol. The van der Waals surface area contributed by atoms with E-state index in [0.717, 1.165) is 12.8 Å². The van der Waals surface area contributed by atoms with Crippen molar-refractivity contribution in [2.45, 2.75) is 45.1 Å². The summed E-state index contributed by atoms with van der Waals surface area (Å²) in [5.74, 6) is 0. The quantitative estimate of drug-likeness (QED) is 0.817. The molecule has 0 aliphatic heterocycles. The van der Waals surface area contributed by atoms with Gasteiger partial charge in [0.05, 0.1) is 0 Å². The van der Waals surface area contributed by atoms with Crippen molar-refractivity contribution >= 4 is 5.57 Å². The Kier molecular flexibility index (Phi) is 3.79. The summed E-state index contributed by atoms with van der Waals surface area (Å²) in [6.07, 6.45) is 8.06. The van der Waals surface area contributed by atoms with Crippen molar-refractivity contribution in [1.82, 2.24) is 0 Å². The van der Waals surface area contributed by atoms with Crippen LogP contribution in [0.1, 0.15) is 43.7 Å². The van der Waals surface area contributed by atoms with Crippen molar-refractivity contribution in [1.29, 1.82) is 0 Å². The first-order valence-electron chi connectivity index (χ1n) is 6.34. The van der Waals surface area contributed by atoms with Crippen LogP contribution in [0, 0.1) is 0 Å². The highest BCUT2D eigenvalue weighted by atomic mass is 14.6. The van der Waals surface area contributed by atoms with Gasteiger partial charge in [0.1, 0.15) is 0 Å². The van der Waals surface area contributed by atoms with Gasteiger partial charge in [-0.3, -0.25) is 0 Å². The zero-order valence-corrected chi connectivity index (χ0v) is 10.1. The topological polar surface area (TPSA) is 26.0 Å². The molecule has 0 saturated carbocycles. The molecule has 0 fully saturated rings. The van der Waals surface area contributed by atoms with E-state index in [9.17, 15) is 0 Å². The van der Waals surface area contributed by atoms with E-state index in [1.54, 1.807) is 0 Å². The standard InChI is InChI=1S/C15H21N/c1-2-6-14(16)11-13-9-5-8-12-7-3-4-10-15(12)13/h3-4,7,9-10,14H,2,5-6,8,11,16H2,1H3. The molecule has 0 spiro atoms. The molecule has 0 heterocycles. The summed E-state index contributed by atoms with van der Waals surface area (Å²) in [5.41, 5.74) is 10.5. The molecule has 1 aliphatic carbocycles. The molecule has 1 heteroatoms. The third kappa shape index (κ3) is 2.53. The Labute approximate surface area is 98.4 Å². The van der Waals surface area contributed by atoms with E-state index in [0.29, 0.717) is 6.04 Å². The second-order valence-corrected chi connectivity index (χ2v) is 4.68. The maximum Gasteiger partial charge on any atom is 0.00793 e. The molecule has 0 radical (unpaired) electrons. The number of aryl methyl sites for hydroxylation is 1.